The molecule has 3 aromatic rings. The van der Waals surface area contributed by atoms with Crippen LogP contribution in [0.3, 0.4) is 0 Å². The Morgan fingerprint density at radius 1 is 0.897 bits per heavy atom. The first kappa shape index (κ1) is 19.4. The second-order valence-corrected chi connectivity index (χ2v) is 7.70. The Hall–Kier alpha value is -2.95. The van der Waals surface area contributed by atoms with Crippen molar-refractivity contribution in [1.29, 1.82) is 0 Å². The number of rotatable bonds is 4. The summed E-state index contributed by atoms with van der Waals surface area (Å²) in [5.41, 5.74) is 2.18. The van der Waals surface area contributed by atoms with Gasteiger partial charge in [-0.25, -0.2) is 0 Å². The molecule has 1 aromatic heterocycles. The second-order valence-electron chi connectivity index (χ2n) is 6.67. The molecule has 1 unspecified atom stereocenters. The number of halogens is 2. The minimum Gasteiger partial charge on any atom is -0.290 e. The van der Waals surface area contributed by atoms with Crippen LogP contribution in [0.25, 0.3) is 5.70 Å². The van der Waals surface area contributed by atoms with Crippen molar-refractivity contribution in [2.24, 2.45) is 0 Å². The first-order valence-electron chi connectivity index (χ1n) is 9.00. The molecule has 0 N–H and O–H groups in total. The Balaban J connectivity index is 1.90. The Bertz CT molecular complexity index is 1090. The largest absolute Gasteiger partial charge is 0.290 e. The molecule has 0 bridgehead atoms. The van der Waals surface area contributed by atoms with Crippen molar-refractivity contribution in [1.82, 2.24) is 4.98 Å². The normalized spacial score (nSPS) is 19.6. The predicted molar refractivity (Wildman–Crippen MR) is 115 cm³/mol. The van der Waals surface area contributed by atoms with Crippen LogP contribution in [0, 0.1) is 0 Å². The maximum Gasteiger partial charge on any atom is 0.261 e. The minimum atomic E-state index is -1.83. The molecule has 2 aromatic carbocycles. The molecule has 0 spiro atoms. The number of aromatic nitrogens is 1. The van der Waals surface area contributed by atoms with Crippen LogP contribution < -0.4 is 4.90 Å². The fraction of sp³-hybridized carbons (Fsp3) is 0.0870. The van der Waals surface area contributed by atoms with Crippen molar-refractivity contribution in [2.45, 2.75) is 11.3 Å². The molecule has 1 amide bonds. The quantitative estimate of drug-likeness (QED) is 0.447. The molecule has 4 nitrogen and oxygen atoms in total. The van der Waals surface area contributed by atoms with Crippen molar-refractivity contribution in [3.8, 4) is 0 Å². The monoisotopic (exact) mass is 422 g/mol. The van der Waals surface area contributed by atoms with Crippen molar-refractivity contribution < 1.29 is 9.59 Å². The highest BCUT2D eigenvalue weighted by Gasteiger charge is 2.53. The van der Waals surface area contributed by atoms with E-state index in [1.54, 1.807) is 48.8 Å². The first-order valence-corrected chi connectivity index (χ1v) is 9.75. The van der Waals surface area contributed by atoms with Crippen LogP contribution in [0.4, 0.5) is 5.69 Å². The number of alkyl halides is 1. The average molecular weight is 423 g/mol. The SMILES string of the molecule is O=C1C(Cl)=C(c2cccnc2)N(c2ccccc2)C(=O)C1(Cl)Cc1ccccc1. The van der Waals surface area contributed by atoms with E-state index < -0.39 is 16.6 Å². The highest BCUT2D eigenvalue weighted by atomic mass is 35.5. The number of pyridine rings is 1. The minimum absolute atomic E-state index is 0.0347. The molecule has 1 aliphatic rings. The van der Waals surface area contributed by atoms with Crippen LogP contribution in [0.15, 0.2) is 90.2 Å². The number of benzene rings is 2. The van der Waals surface area contributed by atoms with Gasteiger partial charge >= 0.3 is 0 Å². The summed E-state index contributed by atoms with van der Waals surface area (Å²) in [4.78, 5) is 30.6. The standard InChI is InChI=1S/C23H16Cl2N2O2/c24-19-20(17-10-7-13-26-15-17)27(18-11-5-2-6-12-18)22(29)23(25,21(19)28)14-16-8-3-1-4-9-16/h1-13,15H,14H2. The Kier molecular flexibility index (Phi) is 5.22. The van der Waals surface area contributed by atoms with Crippen molar-refractivity contribution in [3.63, 3.8) is 0 Å². The zero-order chi connectivity index (χ0) is 20.4. The van der Waals surface area contributed by atoms with Gasteiger partial charge in [0.15, 0.2) is 4.87 Å². The lowest BCUT2D eigenvalue weighted by Gasteiger charge is -2.38. The van der Waals surface area contributed by atoms with Gasteiger partial charge in [-0.05, 0) is 29.8 Å². The molecule has 4 rings (SSSR count). The maximum atomic E-state index is 13.7. The highest BCUT2D eigenvalue weighted by molar-refractivity contribution is 6.61. The third-order valence-corrected chi connectivity index (χ3v) is 5.59. The summed E-state index contributed by atoms with van der Waals surface area (Å²) in [6.45, 7) is 0. The Morgan fingerprint density at radius 3 is 2.17 bits per heavy atom. The van der Waals surface area contributed by atoms with Crippen LogP contribution in [-0.2, 0) is 16.0 Å². The van der Waals surface area contributed by atoms with Gasteiger partial charge in [-0.2, -0.15) is 0 Å². The van der Waals surface area contributed by atoms with Crippen LogP contribution >= 0.6 is 23.2 Å². The van der Waals surface area contributed by atoms with Crippen LogP contribution in [0.1, 0.15) is 11.1 Å². The number of carbonyl (C=O) groups is 2. The molecule has 1 aliphatic heterocycles. The van der Waals surface area contributed by atoms with E-state index in [0.29, 0.717) is 11.3 Å². The lowest BCUT2D eigenvalue weighted by Crippen LogP contribution is -2.55. The summed E-state index contributed by atoms with van der Waals surface area (Å²) < 4.78 is 0. The van der Waals surface area contributed by atoms with E-state index in [1.807, 2.05) is 36.4 Å². The smallest absolute Gasteiger partial charge is 0.261 e. The van der Waals surface area contributed by atoms with E-state index in [-0.39, 0.29) is 17.2 Å². The molecule has 0 aliphatic carbocycles. The van der Waals surface area contributed by atoms with E-state index in [0.717, 1.165) is 5.56 Å². The van der Waals surface area contributed by atoms with Crippen molar-refractivity contribution in [3.05, 3.63) is 101 Å². The summed E-state index contributed by atoms with van der Waals surface area (Å²) in [6.07, 6.45) is 3.21. The number of amides is 1. The van der Waals surface area contributed by atoms with Gasteiger partial charge < -0.3 is 0 Å². The van der Waals surface area contributed by atoms with Gasteiger partial charge in [-0.15, -0.1) is 0 Å². The summed E-state index contributed by atoms with van der Waals surface area (Å²) in [5.74, 6) is -1.15. The number of allylic oxidation sites excluding steroid dienone is 1. The zero-order valence-electron chi connectivity index (χ0n) is 15.3. The van der Waals surface area contributed by atoms with Crippen molar-refractivity contribution >= 4 is 46.3 Å². The van der Waals surface area contributed by atoms with Crippen LogP contribution in [0.5, 0.6) is 0 Å². The number of ketones is 1. The van der Waals surface area contributed by atoms with Gasteiger partial charge in [0, 0.05) is 30.1 Å². The molecule has 144 valence electrons. The Labute approximate surface area is 178 Å². The third-order valence-electron chi connectivity index (χ3n) is 4.77. The lowest BCUT2D eigenvalue weighted by atomic mass is 9.87. The second kappa shape index (κ2) is 7.82. The van der Waals surface area contributed by atoms with Gasteiger partial charge in [0.05, 0.1) is 5.70 Å². The van der Waals surface area contributed by atoms with E-state index in [9.17, 15) is 9.59 Å². The van der Waals surface area contributed by atoms with Crippen LogP contribution in [0.2, 0.25) is 0 Å². The molecule has 2 heterocycles. The molecule has 1 atom stereocenters. The summed E-state index contributed by atoms with van der Waals surface area (Å²) in [5, 5.41) is -0.0904. The number of nitrogens with zero attached hydrogens (tertiary/aromatic N) is 2. The number of hydrogen-bond donors (Lipinski definition) is 0. The van der Waals surface area contributed by atoms with Crippen molar-refractivity contribution in [2.75, 3.05) is 4.90 Å². The lowest BCUT2D eigenvalue weighted by molar-refractivity contribution is -0.128. The fourth-order valence-corrected chi connectivity index (χ4v) is 4.11. The molecule has 6 heteroatoms. The highest BCUT2D eigenvalue weighted by Crippen LogP contribution is 2.42. The first-order chi connectivity index (χ1) is 14.0. The predicted octanol–water partition coefficient (Wildman–Crippen LogP) is 4.83. The number of anilines is 1. The molecule has 29 heavy (non-hydrogen) atoms. The molecular weight excluding hydrogens is 407 g/mol. The zero-order valence-corrected chi connectivity index (χ0v) is 16.8. The number of carbonyl (C=O) groups excluding carboxylic acids is 2. The van der Waals surface area contributed by atoms with Gasteiger partial charge in [-0.3, -0.25) is 19.5 Å². The summed E-state index contributed by atoms with van der Waals surface area (Å²) in [7, 11) is 0. The Morgan fingerprint density at radius 2 is 1.55 bits per heavy atom. The third kappa shape index (κ3) is 3.46. The summed E-state index contributed by atoms with van der Waals surface area (Å²) in [6, 6.07) is 21.6. The van der Waals surface area contributed by atoms with Gasteiger partial charge in [0.2, 0.25) is 5.78 Å². The van der Waals surface area contributed by atoms with E-state index in [2.05, 4.69) is 4.98 Å². The average Bonchev–Trinajstić information content (AvgIpc) is 2.77. The topological polar surface area (TPSA) is 50.3 Å². The molecule has 0 radical (unpaired) electrons. The van der Waals surface area contributed by atoms with E-state index in [4.69, 9.17) is 23.2 Å². The fourth-order valence-electron chi connectivity index (χ4n) is 3.37. The van der Waals surface area contributed by atoms with Crippen LogP contribution in [-0.4, -0.2) is 21.5 Å². The maximum absolute atomic E-state index is 13.7. The summed E-state index contributed by atoms with van der Waals surface area (Å²) >= 11 is 13.3. The number of hydrogen-bond acceptors (Lipinski definition) is 3. The number of para-hydroxylation sites is 1. The van der Waals surface area contributed by atoms with Gasteiger partial charge in [0.1, 0.15) is 5.03 Å². The molecule has 0 fully saturated rings. The number of Topliss-reactive ketones (excluding diaryl/α,β-unsaturated/α-hetero) is 1. The van der Waals surface area contributed by atoms with E-state index >= 15 is 0 Å². The molecule has 0 saturated carbocycles. The van der Waals surface area contributed by atoms with Gasteiger partial charge in [-0.1, -0.05) is 71.7 Å². The molecular formula is C23H16Cl2N2O2. The molecule has 0 saturated heterocycles. The van der Waals surface area contributed by atoms with E-state index in [1.165, 1.54) is 4.90 Å². The van der Waals surface area contributed by atoms with Gasteiger partial charge in [0.25, 0.3) is 5.91 Å².